The number of aromatic amines is 1. The first-order valence-corrected chi connectivity index (χ1v) is 16.4. The minimum absolute atomic E-state index is 0.000724. The number of fused-ring (bicyclic) bond motifs is 1. The highest BCUT2D eigenvalue weighted by Crippen LogP contribution is 2.37. The van der Waals surface area contributed by atoms with Crippen molar-refractivity contribution in [2.75, 3.05) is 47.3 Å². The van der Waals surface area contributed by atoms with E-state index < -0.39 is 0 Å². The maximum atomic E-state index is 14.1. The van der Waals surface area contributed by atoms with Crippen LogP contribution in [0.5, 0.6) is 0 Å². The molecule has 2 aromatic heterocycles. The molecule has 9 nitrogen and oxygen atoms in total. The summed E-state index contributed by atoms with van der Waals surface area (Å²) in [6.07, 6.45) is 10.1. The average Bonchev–Trinajstić information content (AvgIpc) is 3.80. The standard InChI is InChI=1S/C38H44N6O3/c1-41(2)20-21-42(3)37(45)34-25-44(24-33(34)32-15-9-13-30-12-7-8-14-31(30)32)36(35-23-39-27-40-35)22-28-16-18-43(19-17-28)38(46)47-26-29-10-5-4-6-11-29/h4-15,23-25,27-28,36H,16-22,26H2,1-3H3,(H,39,40). The average molecular weight is 633 g/mol. The topological polar surface area (TPSA) is 86.7 Å². The Labute approximate surface area is 276 Å². The van der Waals surface area contributed by atoms with Gasteiger partial charge in [-0.05, 0) is 61.2 Å². The molecule has 1 aliphatic heterocycles. The van der Waals surface area contributed by atoms with Gasteiger partial charge in [0.2, 0.25) is 0 Å². The Morgan fingerprint density at radius 1 is 0.915 bits per heavy atom. The third kappa shape index (κ3) is 7.58. The number of H-pyrrole nitrogens is 1. The summed E-state index contributed by atoms with van der Waals surface area (Å²) in [4.78, 5) is 40.3. The second-order valence-electron chi connectivity index (χ2n) is 12.8. The lowest BCUT2D eigenvalue weighted by Gasteiger charge is -2.33. The Morgan fingerprint density at radius 2 is 1.66 bits per heavy atom. The first-order chi connectivity index (χ1) is 22.9. The monoisotopic (exact) mass is 632 g/mol. The Kier molecular flexibility index (Phi) is 10.0. The van der Waals surface area contributed by atoms with Gasteiger partial charge in [-0.15, -0.1) is 0 Å². The number of hydrogen-bond donors (Lipinski definition) is 1. The largest absolute Gasteiger partial charge is 0.445 e. The normalized spacial score (nSPS) is 14.4. The molecule has 0 radical (unpaired) electrons. The molecule has 3 aromatic carbocycles. The molecule has 5 aromatic rings. The highest BCUT2D eigenvalue weighted by Gasteiger charge is 2.29. The number of imidazole rings is 1. The third-order valence-corrected chi connectivity index (χ3v) is 9.26. The molecule has 0 bridgehead atoms. The minimum atomic E-state index is -0.260. The van der Waals surface area contributed by atoms with Gasteiger partial charge in [-0.1, -0.05) is 72.8 Å². The summed E-state index contributed by atoms with van der Waals surface area (Å²) >= 11 is 0. The number of amides is 2. The van der Waals surface area contributed by atoms with Crippen LogP contribution in [0.15, 0.2) is 97.7 Å². The summed E-state index contributed by atoms with van der Waals surface area (Å²) in [5.41, 5.74) is 4.62. The summed E-state index contributed by atoms with van der Waals surface area (Å²) < 4.78 is 7.80. The molecule has 0 saturated carbocycles. The van der Waals surface area contributed by atoms with Crippen molar-refractivity contribution in [3.8, 4) is 11.1 Å². The fraction of sp³-hybridized carbons (Fsp3) is 0.342. The van der Waals surface area contributed by atoms with Gasteiger partial charge < -0.3 is 29.0 Å². The van der Waals surface area contributed by atoms with Gasteiger partial charge in [-0.25, -0.2) is 9.78 Å². The van der Waals surface area contributed by atoms with E-state index in [4.69, 9.17) is 4.74 Å². The summed E-state index contributed by atoms with van der Waals surface area (Å²) in [6.45, 7) is 2.99. The smallest absolute Gasteiger partial charge is 0.410 e. The van der Waals surface area contributed by atoms with E-state index in [0.717, 1.165) is 59.0 Å². The van der Waals surface area contributed by atoms with Crippen LogP contribution in [0.3, 0.4) is 0 Å². The van der Waals surface area contributed by atoms with Crippen LogP contribution in [-0.4, -0.2) is 88.6 Å². The van der Waals surface area contributed by atoms with Crippen LogP contribution in [0, 0.1) is 5.92 Å². The van der Waals surface area contributed by atoms with Crippen molar-refractivity contribution < 1.29 is 14.3 Å². The van der Waals surface area contributed by atoms with Crippen LogP contribution in [0.1, 0.15) is 46.9 Å². The predicted octanol–water partition coefficient (Wildman–Crippen LogP) is 6.69. The van der Waals surface area contributed by atoms with Crippen LogP contribution in [0.4, 0.5) is 4.79 Å². The molecule has 9 heteroatoms. The fourth-order valence-corrected chi connectivity index (χ4v) is 6.49. The van der Waals surface area contributed by atoms with Crippen molar-refractivity contribution in [2.24, 2.45) is 5.92 Å². The van der Waals surface area contributed by atoms with E-state index in [-0.39, 0.29) is 24.6 Å². The Bertz CT molecular complexity index is 1770. The Balaban J connectivity index is 1.25. The summed E-state index contributed by atoms with van der Waals surface area (Å²) in [5, 5.41) is 2.25. The molecule has 1 fully saturated rings. The van der Waals surface area contributed by atoms with Crippen molar-refractivity contribution in [2.45, 2.75) is 31.9 Å². The van der Waals surface area contributed by atoms with Crippen molar-refractivity contribution in [1.82, 2.24) is 29.2 Å². The van der Waals surface area contributed by atoms with Gasteiger partial charge >= 0.3 is 6.09 Å². The second-order valence-corrected chi connectivity index (χ2v) is 12.8. The number of ether oxygens (including phenoxy) is 1. The van der Waals surface area contributed by atoms with E-state index in [1.807, 2.05) is 85.8 Å². The number of nitrogens with one attached hydrogen (secondary N) is 1. The van der Waals surface area contributed by atoms with E-state index in [1.54, 1.807) is 6.33 Å². The van der Waals surface area contributed by atoms with Crippen molar-refractivity contribution >= 4 is 22.8 Å². The molecular formula is C38H44N6O3. The first kappa shape index (κ1) is 32.1. The van der Waals surface area contributed by atoms with E-state index in [1.165, 1.54) is 0 Å². The van der Waals surface area contributed by atoms with Crippen LogP contribution in [0.2, 0.25) is 0 Å². The number of hydrogen-bond acceptors (Lipinski definition) is 5. The number of rotatable bonds is 11. The number of carbonyl (C=O) groups is 2. The number of likely N-dealkylation sites (N-methyl/N-ethyl adjacent to an activating group) is 2. The number of piperidine rings is 1. The van der Waals surface area contributed by atoms with E-state index in [9.17, 15) is 9.59 Å². The maximum Gasteiger partial charge on any atom is 0.410 e. The molecular weight excluding hydrogens is 588 g/mol. The molecule has 1 unspecified atom stereocenters. The highest BCUT2D eigenvalue weighted by molar-refractivity contribution is 6.06. The van der Waals surface area contributed by atoms with Crippen LogP contribution < -0.4 is 0 Å². The molecule has 0 aliphatic carbocycles. The third-order valence-electron chi connectivity index (χ3n) is 9.26. The lowest BCUT2D eigenvalue weighted by atomic mass is 9.89. The van der Waals surface area contributed by atoms with Gasteiger partial charge in [-0.2, -0.15) is 0 Å². The zero-order chi connectivity index (χ0) is 32.8. The molecule has 1 atom stereocenters. The summed E-state index contributed by atoms with van der Waals surface area (Å²) in [7, 11) is 5.91. The molecule has 6 rings (SSSR count). The van der Waals surface area contributed by atoms with Crippen molar-refractivity contribution in [1.29, 1.82) is 0 Å². The van der Waals surface area contributed by atoms with Crippen LogP contribution in [0.25, 0.3) is 21.9 Å². The predicted molar refractivity (Wildman–Crippen MR) is 185 cm³/mol. The van der Waals surface area contributed by atoms with Gasteiger partial charge in [0, 0.05) is 51.2 Å². The minimum Gasteiger partial charge on any atom is -0.445 e. The zero-order valence-corrected chi connectivity index (χ0v) is 27.5. The fourth-order valence-electron chi connectivity index (χ4n) is 6.49. The zero-order valence-electron chi connectivity index (χ0n) is 27.5. The van der Waals surface area contributed by atoms with E-state index >= 15 is 0 Å². The molecule has 47 heavy (non-hydrogen) atoms. The van der Waals surface area contributed by atoms with Gasteiger partial charge in [0.25, 0.3) is 5.91 Å². The molecule has 1 aliphatic rings. The quantitative estimate of drug-likeness (QED) is 0.175. The SMILES string of the molecule is CN(C)CCN(C)C(=O)c1cn(C(CC2CCN(C(=O)OCc3ccccc3)CC2)c2cnc[nH]2)cc1-c1cccc2ccccc12. The lowest BCUT2D eigenvalue weighted by Crippen LogP contribution is -2.39. The summed E-state index contributed by atoms with van der Waals surface area (Å²) in [6, 6.07) is 24.3. The number of carbonyl (C=O) groups excluding carboxylic acids is 2. The van der Waals surface area contributed by atoms with Gasteiger partial charge in [0.05, 0.1) is 29.8 Å². The van der Waals surface area contributed by atoms with Gasteiger partial charge in [0.1, 0.15) is 6.61 Å². The number of benzene rings is 3. The molecule has 0 spiro atoms. The van der Waals surface area contributed by atoms with E-state index in [2.05, 4.69) is 56.0 Å². The maximum absolute atomic E-state index is 14.1. The van der Waals surface area contributed by atoms with Gasteiger partial charge in [-0.3, -0.25) is 4.79 Å². The van der Waals surface area contributed by atoms with Crippen molar-refractivity contribution in [3.63, 3.8) is 0 Å². The highest BCUT2D eigenvalue weighted by atomic mass is 16.6. The molecule has 1 N–H and O–H groups in total. The number of likely N-dealkylation sites (tertiary alicyclic amines) is 1. The van der Waals surface area contributed by atoms with Crippen molar-refractivity contribution in [3.05, 3.63) is 115 Å². The van der Waals surface area contributed by atoms with Gasteiger partial charge in [0.15, 0.2) is 0 Å². The number of nitrogens with zero attached hydrogens (tertiary/aromatic N) is 5. The molecule has 2 amide bonds. The summed E-state index contributed by atoms with van der Waals surface area (Å²) in [5.74, 6) is 0.381. The van der Waals surface area contributed by atoms with Crippen LogP contribution >= 0.6 is 0 Å². The lowest BCUT2D eigenvalue weighted by molar-refractivity contribution is 0.0786. The first-order valence-electron chi connectivity index (χ1n) is 16.4. The molecule has 3 heterocycles. The Hall–Kier alpha value is -4.89. The van der Waals surface area contributed by atoms with E-state index in [0.29, 0.717) is 31.1 Å². The van der Waals surface area contributed by atoms with Crippen LogP contribution in [-0.2, 0) is 11.3 Å². The second kappa shape index (κ2) is 14.7. The molecule has 1 saturated heterocycles. The molecule has 244 valence electrons. The Morgan fingerprint density at radius 3 is 2.40 bits per heavy atom. The number of aromatic nitrogens is 3.